The SMILES string of the molecule is C=CCCC(N)CSc1ccc(Cl)cc1. The Morgan fingerprint density at radius 1 is 1.40 bits per heavy atom. The summed E-state index contributed by atoms with van der Waals surface area (Å²) in [6.45, 7) is 3.68. The third kappa shape index (κ3) is 5.26. The van der Waals surface area contributed by atoms with Crippen LogP contribution in [-0.4, -0.2) is 11.8 Å². The van der Waals surface area contributed by atoms with Crippen LogP contribution in [0.4, 0.5) is 0 Å². The van der Waals surface area contributed by atoms with E-state index in [0.717, 1.165) is 23.6 Å². The van der Waals surface area contributed by atoms with Crippen LogP contribution in [0.25, 0.3) is 0 Å². The Labute approximate surface area is 101 Å². The van der Waals surface area contributed by atoms with Crippen molar-refractivity contribution in [1.29, 1.82) is 0 Å². The molecule has 15 heavy (non-hydrogen) atoms. The molecule has 1 rings (SSSR count). The van der Waals surface area contributed by atoms with Crippen molar-refractivity contribution in [3.05, 3.63) is 41.9 Å². The van der Waals surface area contributed by atoms with E-state index in [2.05, 4.69) is 6.58 Å². The highest BCUT2D eigenvalue weighted by Gasteiger charge is 2.02. The normalized spacial score (nSPS) is 12.4. The van der Waals surface area contributed by atoms with Crippen LogP contribution < -0.4 is 5.73 Å². The Hall–Kier alpha value is -0.440. The second-order valence-electron chi connectivity index (χ2n) is 3.39. The lowest BCUT2D eigenvalue weighted by atomic mass is 10.2. The molecule has 1 unspecified atom stereocenters. The van der Waals surface area contributed by atoms with Crippen molar-refractivity contribution in [1.82, 2.24) is 0 Å². The van der Waals surface area contributed by atoms with E-state index in [1.165, 1.54) is 4.90 Å². The number of benzene rings is 1. The lowest BCUT2D eigenvalue weighted by molar-refractivity contribution is 0.685. The molecule has 1 aromatic rings. The van der Waals surface area contributed by atoms with Gasteiger partial charge in [-0.3, -0.25) is 0 Å². The number of hydrogen-bond donors (Lipinski definition) is 1. The number of nitrogens with two attached hydrogens (primary N) is 1. The highest BCUT2D eigenvalue weighted by Crippen LogP contribution is 2.21. The van der Waals surface area contributed by atoms with E-state index in [0.29, 0.717) is 0 Å². The molecular formula is C12H16ClNS. The summed E-state index contributed by atoms with van der Waals surface area (Å²) in [4.78, 5) is 1.22. The smallest absolute Gasteiger partial charge is 0.0406 e. The molecule has 0 fully saturated rings. The van der Waals surface area contributed by atoms with Crippen LogP contribution in [0.5, 0.6) is 0 Å². The molecule has 0 aliphatic carbocycles. The van der Waals surface area contributed by atoms with Gasteiger partial charge in [-0.15, -0.1) is 18.3 Å². The Kier molecular flexibility index (Phi) is 5.84. The summed E-state index contributed by atoms with van der Waals surface area (Å²) in [6.07, 6.45) is 3.90. The van der Waals surface area contributed by atoms with Gasteiger partial charge in [0.05, 0.1) is 0 Å². The van der Waals surface area contributed by atoms with Crippen molar-refractivity contribution in [3.63, 3.8) is 0 Å². The minimum Gasteiger partial charge on any atom is -0.327 e. The van der Waals surface area contributed by atoms with Crippen molar-refractivity contribution in [2.24, 2.45) is 5.73 Å². The third-order valence-electron chi connectivity index (χ3n) is 2.02. The summed E-state index contributed by atoms with van der Waals surface area (Å²) in [7, 11) is 0. The van der Waals surface area contributed by atoms with Gasteiger partial charge in [0.25, 0.3) is 0 Å². The predicted octanol–water partition coefficient (Wildman–Crippen LogP) is 3.73. The molecule has 0 aliphatic heterocycles. The van der Waals surface area contributed by atoms with Gasteiger partial charge in [0.15, 0.2) is 0 Å². The van der Waals surface area contributed by atoms with Gasteiger partial charge in [-0.25, -0.2) is 0 Å². The average molecular weight is 242 g/mol. The molecule has 2 N–H and O–H groups in total. The molecule has 3 heteroatoms. The first-order valence-corrected chi connectivity index (χ1v) is 6.33. The van der Waals surface area contributed by atoms with Crippen LogP contribution in [0, 0.1) is 0 Å². The van der Waals surface area contributed by atoms with Gasteiger partial charge in [-0.1, -0.05) is 17.7 Å². The van der Waals surface area contributed by atoms with Gasteiger partial charge >= 0.3 is 0 Å². The van der Waals surface area contributed by atoms with Gasteiger partial charge in [-0.2, -0.15) is 0 Å². The van der Waals surface area contributed by atoms with E-state index in [-0.39, 0.29) is 6.04 Å². The van der Waals surface area contributed by atoms with E-state index in [1.54, 1.807) is 11.8 Å². The van der Waals surface area contributed by atoms with Crippen LogP contribution in [0.3, 0.4) is 0 Å². The summed E-state index contributed by atoms with van der Waals surface area (Å²) in [6, 6.07) is 8.09. The van der Waals surface area contributed by atoms with E-state index in [1.807, 2.05) is 30.3 Å². The lowest BCUT2D eigenvalue weighted by Gasteiger charge is -2.09. The number of halogens is 1. The van der Waals surface area contributed by atoms with Gasteiger partial charge in [0.2, 0.25) is 0 Å². The molecule has 0 saturated carbocycles. The number of hydrogen-bond acceptors (Lipinski definition) is 2. The Morgan fingerprint density at radius 3 is 2.67 bits per heavy atom. The first kappa shape index (κ1) is 12.6. The largest absolute Gasteiger partial charge is 0.327 e. The summed E-state index contributed by atoms with van der Waals surface area (Å²) < 4.78 is 0. The van der Waals surface area contributed by atoms with Crippen LogP contribution in [0.2, 0.25) is 5.02 Å². The van der Waals surface area contributed by atoms with E-state index >= 15 is 0 Å². The molecule has 0 heterocycles. The fourth-order valence-electron chi connectivity index (χ4n) is 1.15. The van der Waals surface area contributed by atoms with Crippen molar-refractivity contribution >= 4 is 23.4 Å². The summed E-state index contributed by atoms with van der Waals surface area (Å²) in [5.41, 5.74) is 5.94. The van der Waals surface area contributed by atoms with Crippen molar-refractivity contribution in [3.8, 4) is 0 Å². The standard InChI is InChI=1S/C12H16ClNS/c1-2-3-4-11(14)9-15-12-7-5-10(13)6-8-12/h2,5-8,11H,1,3-4,9,14H2. The first-order valence-electron chi connectivity index (χ1n) is 4.97. The predicted molar refractivity (Wildman–Crippen MR) is 69.6 cm³/mol. The molecule has 0 aliphatic rings. The van der Waals surface area contributed by atoms with Crippen molar-refractivity contribution < 1.29 is 0 Å². The highest BCUT2D eigenvalue weighted by molar-refractivity contribution is 7.99. The maximum Gasteiger partial charge on any atom is 0.0406 e. The van der Waals surface area contributed by atoms with E-state index in [9.17, 15) is 0 Å². The van der Waals surface area contributed by atoms with Gasteiger partial charge in [-0.05, 0) is 37.1 Å². The molecule has 0 bridgehead atoms. The van der Waals surface area contributed by atoms with Crippen LogP contribution in [0.15, 0.2) is 41.8 Å². The summed E-state index contributed by atoms with van der Waals surface area (Å²) in [5.74, 6) is 0.940. The topological polar surface area (TPSA) is 26.0 Å². The second-order valence-corrected chi connectivity index (χ2v) is 4.92. The monoisotopic (exact) mass is 241 g/mol. The Bertz CT molecular complexity index is 297. The average Bonchev–Trinajstić information content (AvgIpc) is 2.25. The molecule has 0 saturated heterocycles. The number of rotatable bonds is 6. The minimum absolute atomic E-state index is 0.240. The molecule has 0 aromatic heterocycles. The van der Waals surface area contributed by atoms with Gasteiger partial charge in [0.1, 0.15) is 0 Å². The van der Waals surface area contributed by atoms with Crippen molar-refractivity contribution in [2.75, 3.05) is 5.75 Å². The van der Waals surface area contributed by atoms with Crippen LogP contribution >= 0.6 is 23.4 Å². The number of thioether (sulfide) groups is 1. The number of allylic oxidation sites excluding steroid dienone is 1. The van der Waals surface area contributed by atoms with E-state index < -0.39 is 0 Å². The molecule has 1 atom stereocenters. The zero-order valence-electron chi connectivity index (χ0n) is 8.66. The van der Waals surface area contributed by atoms with Gasteiger partial charge < -0.3 is 5.73 Å². The zero-order chi connectivity index (χ0) is 11.1. The maximum atomic E-state index is 5.94. The molecule has 1 nitrogen and oxygen atoms in total. The molecule has 0 radical (unpaired) electrons. The summed E-state index contributed by atoms with van der Waals surface area (Å²) >= 11 is 7.57. The zero-order valence-corrected chi connectivity index (χ0v) is 10.2. The third-order valence-corrected chi connectivity index (χ3v) is 3.47. The maximum absolute atomic E-state index is 5.94. The second kappa shape index (κ2) is 6.94. The summed E-state index contributed by atoms with van der Waals surface area (Å²) in [5, 5.41) is 0.773. The molecule has 0 amide bonds. The molecule has 0 spiro atoms. The van der Waals surface area contributed by atoms with Crippen molar-refractivity contribution in [2.45, 2.75) is 23.8 Å². The molecule has 1 aromatic carbocycles. The minimum atomic E-state index is 0.240. The molecule has 82 valence electrons. The Morgan fingerprint density at radius 2 is 2.07 bits per heavy atom. The van der Waals surface area contributed by atoms with Crippen LogP contribution in [0.1, 0.15) is 12.8 Å². The fraction of sp³-hybridized carbons (Fsp3) is 0.333. The van der Waals surface area contributed by atoms with Gasteiger partial charge in [0, 0.05) is 21.7 Å². The lowest BCUT2D eigenvalue weighted by Crippen LogP contribution is -2.22. The fourth-order valence-corrected chi connectivity index (χ4v) is 2.18. The quantitative estimate of drug-likeness (QED) is 0.607. The highest BCUT2D eigenvalue weighted by atomic mass is 35.5. The molecular weight excluding hydrogens is 226 g/mol. The Balaban J connectivity index is 2.30. The van der Waals surface area contributed by atoms with E-state index in [4.69, 9.17) is 17.3 Å². The first-order chi connectivity index (χ1) is 7.22. The van der Waals surface area contributed by atoms with Crippen LogP contribution in [-0.2, 0) is 0 Å².